The van der Waals surface area contributed by atoms with Gasteiger partial charge in [-0.25, -0.2) is 25.9 Å². The fourth-order valence-corrected chi connectivity index (χ4v) is 3.95. The number of sulfonamides is 2. The van der Waals surface area contributed by atoms with Crippen LogP contribution in [-0.4, -0.2) is 54.4 Å². The molecule has 0 aliphatic rings. The lowest BCUT2D eigenvalue weighted by Crippen LogP contribution is -2.38. The van der Waals surface area contributed by atoms with Crippen LogP contribution in [0.25, 0.3) is 0 Å². The molecule has 0 heterocycles. The molecule has 1 aromatic carbocycles. The van der Waals surface area contributed by atoms with Gasteiger partial charge in [0.2, 0.25) is 20.0 Å². The van der Waals surface area contributed by atoms with E-state index >= 15 is 0 Å². The molecule has 0 radical (unpaired) electrons. The molecule has 134 valence electrons. The number of hydrogen-bond acceptors (Lipinski definition) is 5. The van der Waals surface area contributed by atoms with Gasteiger partial charge in [-0.05, 0) is 31.7 Å². The second-order valence-electron chi connectivity index (χ2n) is 5.07. The Morgan fingerprint density at radius 2 is 1.70 bits per heavy atom. The number of rotatable bonds is 8. The van der Waals surface area contributed by atoms with Crippen molar-refractivity contribution in [2.24, 2.45) is 0 Å². The van der Waals surface area contributed by atoms with Crippen LogP contribution in [0.2, 0.25) is 0 Å². The van der Waals surface area contributed by atoms with Gasteiger partial charge in [0.25, 0.3) is 0 Å². The Morgan fingerprint density at radius 1 is 1.13 bits per heavy atom. The lowest BCUT2D eigenvalue weighted by Gasteiger charge is -2.15. The van der Waals surface area contributed by atoms with Crippen LogP contribution in [0.3, 0.4) is 0 Å². The van der Waals surface area contributed by atoms with E-state index in [0.29, 0.717) is 0 Å². The predicted molar refractivity (Wildman–Crippen MR) is 92.9 cm³/mol. The van der Waals surface area contributed by atoms with Gasteiger partial charge in [-0.2, -0.15) is 0 Å². The summed E-state index contributed by atoms with van der Waals surface area (Å²) in [5, 5.41) is 3.09. The molecule has 2 N–H and O–H groups in total. The summed E-state index contributed by atoms with van der Waals surface area (Å²) < 4.78 is 52.1. The third kappa shape index (κ3) is 6.02. The Hall–Kier alpha value is -0.710. The average molecular weight is 386 g/mol. The van der Waals surface area contributed by atoms with Gasteiger partial charge in [0.05, 0.1) is 9.79 Å². The zero-order chi connectivity index (χ0) is 17.0. The summed E-state index contributed by atoms with van der Waals surface area (Å²) in [5.74, 6) is 0. The molecular formula is C13H24ClN3O4S2. The zero-order valence-electron chi connectivity index (χ0n) is 13.6. The predicted octanol–water partition coefficient (Wildman–Crippen LogP) is 0.635. The van der Waals surface area contributed by atoms with E-state index in [1.165, 1.54) is 32.3 Å². The molecule has 0 bridgehead atoms. The minimum atomic E-state index is -3.76. The molecule has 7 nitrogen and oxygen atoms in total. The maximum absolute atomic E-state index is 12.2. The minimum absolute atomic E-state index is 0. The Labute approximate surface area is 145 Å². The summed E-state index contributed by atoms with van der Waals surface area (Å²) in [6, 6.07) is 5.30. The number of benzene rings is 1. The molecular weight excluding hydrogens is 362 g/mol. The molecule has 0 aliphatic carbocycles. The standard InChI is InChI=1S/C13H23N3O4S2.ClH/c1-5-14-11(2)10-15-21(17,18)12-7-6-8-13(9-12)22(19,20)16(3)4;/h6-9,11,14-15H,5,10H2,1-4H3;1H/t11-;/m1./s1. The third-order valence-electron chi connectivity index (χ3n) is 3.03. The van der Waals surface area contributed by atoms with E-state index in [-0.39, 0.29) is 34.8 Å². The van der Waals surface area contributed by atoms with Crippen LogP contribution in [0, 0.1) is 0 Å². The van der Waals surface area contributed by atoms with E-state index < -0.39 is 20.0 Å². The topological polar surface area (TPSA) is 95.6 Å². The number of nitrogens with one attached hydrogen (secondary N) is 2. The van der Waals surface area contributed by atoms with E-state index in [1.807, 2.05) is 13.8 Å². The number of halogens is 1. The van der Waals surface area contributed by atoms with Crippen molar-refractivity contribution in [3.8, 4) is 0 Å². The second-order valence-corrected chi connectivity index (χ2v) is 8.99. The lowest BCUT2D eigenvalue weighted by molar-refractivity contribution is 0.520. The Morgan fingerprint density at radius 3 is 2.22 bits per heavy atom. The van der Waals surface area contributed by atoms with Crippen LogP contribution in [0.5, 0.6) is 0 Å². The van der Waals surface area contributed by atoms with Crippen LogP contribution < -0.4 is 10.0 Å². The molecule has 23 heavy (non-hydrogen) atoms. The van der Waals surface area contributed by atoms with Crippen LogP contribution >= 0.6 is 12.4 Å². The molecule has 0 spiro atoms. The van der Waals surface area contributed by atoms with E-state index in [2.05, 4.69) is 10.0 Å². The van der Waals surface area contributed by atoms with E-state index in [0.717, 1.165) is 16.9 Å². The van der Waals surface area contributed by atoms with Crippen molar-refractivity contribution in [3.05, 3.63) is 24.3 Å². The first-order valence-electron chi connectivity index (χ1n) is 6.87. The zero-order valence-corrected chi connectivity index (χ0v) is 16.1. The van der Waals surface area contributed by atoms with Gasteiger partial charge in [0.15, 0.2) is 0 Å². The Balaban J connectivity index is 0.00000484. The summed E-state index contributed by atoms with van der Waals surface area (Å²) in [5.41, 5.74) is 0. The van der Waals surface area contributed by atoms with E-state index in [1.54, 1.807) is 0 Å². The van der Waals surface area contributed by atoms with Crippen LogP contribution in [0.15, 0.2) is 34.1 Å². The second kappa shape index (κ2) is 8.95. The normalized spacial score (nSPS) is 13.6. The fourth-order valence-electron chi connectivity index (χ4n) is 1.75. The van der Waals surface area contributed by atoms with Crippen molar-refractivity contribution in [3.63, 3.8) is 0 Å². The van der Waals surface area contributed by atoms with Crippen molar-refractivity contribution in [2.75, 3.05) is 27.2 Å². The van der Waals surface area contributed by atoms with Gasteiger partial charge >= 0.3 is 0 Å². The van der Waals surface area contributed by atoms with Gasteiger partial charge in [0, 0.05) is 26.7 Å². The number of hydrogen-bond donors (Lipinski definition) is 2. The Kier molecular flexibility index (Phi) is 8.68. The SMILES string of the molecule is CCN[C@H](C)CNS(=O)(=O)c1cccc(S(=O)(=O)N(C)C)c1.Cl. The Bertz CT molecular complexity index is 706. The van der Waals surface area contributed by atoms with Gasteiger partial charge in [-0.3, -0.25) is 0 Å². The van der Waals surface area contributed by atoms with Crippen LogP contribution in [0.1, 0.15) is 13.8 Å². The maximum atomic E-state index is 12.2. The summed E-state index contributed by atoms with van der Waals surface area (Å²) in [7, 11) is -4.63. The van der Waals surface area contributed by atoms with Crippen molar-refractivity contribution < 1.29 is 16.8 Å². The highest BCUT2D eigenvalue weighted by atomic mass is 35.5. The number of likely N-dealkylation sites (N-methyl/N-ethyl adjacent to an activating group) is 1. The molecule has 0 unspecified atom stereocenters. The molecule has 0 aromatic heterocycles. The van der Waals surface area contributed by atoms with Crippen LogP contribution in [-0.2, 0) is 20.0 Å². The molecule has 1 aromatic rings. The maximum Gasteiger partial charge on any atom is 0.242 e. The van der Waals surface area contributed by atoms with E-state index in [9.17, 15) is 16.8 Å². The number of nitrogens with zero attached hydrogens (tertiary/aromatic N) is 1. The molecule has 0 saturated carbocycles. The molecule has 0 saturated heterocycles. The van der Waals surface area contributed by atoms with Gasteiger partial charge in [0.1, 0.15) is 0 Å². The monoisotopic (exact) mass is 385 g/mol. The largest absolute Gasteiger partial charge is 0.313 e. The fraction of sp³-hybridized carbons (Fsp3) is 0.538. The first kappa shape index (κ1) is 22.3. The first-order valence-corrected chi connectivity index (χ1v) is 9.79. The van der Waals surface area contributed by atoms with Crippen LogP contribution in [0.4, 0.5) is 0 Å². The third-order valence-corrected chi connectivity index (χ3v) is 6.26. The summed E-state index contributed by atoms with van der Waals surface area (Å²) in [4.78, 5) is -0.126. The highest BCUT2D eigenvalue weighted by molar-refractivity contribution is 7.90. The van der Waals surface area contributed by atoms with Gasteiger partial charge in [-0.15, -0.1) is 12.4 Å². The molecule has 0 fully saturated rings. The summed E-state index contributed by atoms with van der Waals surface area (Å²) >= 11 is 0. The van der Waals surface area contributed by atoms with E-state index in [4.69, 9.17) is 0 Å². The molecule has 0 aliphatic heterocycles. The lowest BCUT2D eigenvalue weighted by atomic mass is 10.3. The minimum Gasteiger partial charge on any atom is -0.313 e. The summed E-state index contributed by atoms with van der Waals surface area (Å²) in [6.45, 7) is 4.75. The highest BCUT2D eigenvalue weighted by Gasteiger charge is 2.21. The molecule has 0 amide bonds. The van der Waals surface area contributed by atoms with Crippen molar-refractivity contribution in [1.82, 2.24) is 14.3 Å². The quantitative estimate of drug-likeness (QED) is 0.684. The highest BCUT2D eigenvalue weighted by Crippen LogP contribution is 2.17. The van der Waals surface area contributed by atoms with Crippen molar-refractivity contribution in [1.29, 1.82) is 0 Å². The van der Waals surface area contributed by atoms with Gasteiger partial charge < -0.3 is 5.32 Å². The molecule has 1 atom stereocenters. The van der Waals surface area contributed by atoms with Gasteiger partial charge in [-0.1, -0.05) is 13.0 Å². The van der Waals surface area contributed by atoms with Crippen molar-refractivity contribution >= 4 is 32.5 Å². The smallest absolute Gasteiger partial charge is 0.242 e. The molecule has 10 heteroatoms. The average Bonchev–Trinajstić information content (AvgIpc) is 2.45. The first-order chi connectivity index (χ1) is 10.1. The summed E-state index contributed by atoms with van der Waals surface area (Å²) in [6.07, 6.45) is 0. The van der Waals surface area contributed by atoms with Crippen molar-refractivity contribution in [2.45, 2.75) is 29.7 Å². The molecule has 1 rings (SSSR count).